The molecule has 9 heteroatoms. The van der Waals surface area contributed by atoms with Crippen LogP contribution in [0.2, 0.25) is 0 Å². The van der Waals surface area contributed by atoms with Gasteiger partial charge in [0.1, 0.15) is 6.67 Å². The van der Waals surface area contributed by atoms with E-state index in [2.05, 4.69) is 45.7 Å². The minimum Gasteiger partial charge on any atom is -0.404 e. The maximum absolute atomic E-state index is 6.31. The van der Waals surface area contributed by atoms with Crippen molar-refractivity contribution in [2.24, 2.45) is 15.7 Å². The zero-order chi connectivity index (χ0) is 22.5. The Morgan fingerprint density at radius 1 is 1.27 bits per heavy atom. The molecule has 6 nitrogen and oxygen atoms in total. The molecule has 0 spiro atoms. The van der Waals surface area contributed by atoms with Gasteiger partial charge in [-0.05, 0) is 26.0 Å². The molecule has 0 aliphatic carbocycles. The first-order valence-electron chi connectivity index (χ1n) is 8.85. The van der Waals surface area contributed by atoms with Crippen molar-refractivity contribution in [3.8, 4) is 0 Å². The topological polar surface area (TPSA) is 86.8 Å². The van der Waals surface area contributed by atoms with Gasteiger partial charge in [0, 0.05) is 27.4 Å². The molecule has 160 valence electrons. The van der Waals surface area contributed by atoms with Crippen molar-refractivity contribution >= 4 is 46.9 Å². The van der Waals surface area contributed by atoms with E-state index in [1.165, 1.54) is 18.0 Å². The highest BCUT2D eigenvalue weighted by Crippen LogP contribution is 2.34. The van der Waals surface area contributed by atoms with Crippen LogP contribution in [0.15, 0.2) is 104 Å². The van der Waals surface area contributed by atoms with Crippen molar-refractivity contribution in [1.29, 1.82) is 0 Å². The Morgan fingerprint density at radius 3 is 2.60 bits per heavy atom. The maximum atomic E-state index is 6.31. The summed E-state index contributed by atoms with van der Waals surface area (Å²) in [6.45, 7) is 15.4. The first kappa shape index (κ1) is 25.4. The van der Waals surface area contributed by atoms with Crippen molar-refractivity contribution < 1.29 is 0 Å². The fourth-order valence-corrected chi connectivity index (χ4v) is 3.47. The van der Waals surface area contributed by atoms with E-state index in [-0.39, 0.29) is 0 Å². The average molecular weight is 465 g/mol. The van der Waals surface area contributed by atoms with Gasteiger partial charge in [0.2, 0.25) is 11.9 Å². The Hall–Kier alpha value is -2.61. The second-order valence-electron chi connectivity index (χ2n) is 5.69. The first-order chi connectivity index (χ1) is 14.3. The van der Waals surface area contributed by atoms with Crippen LogP contribution in [-0.4, -0.2) is 18.6 Å². The molecular formula is C21H26Cl2N6S. The summed E-state index contributed by atoms with van der Waals surface area (Å²) in [5, 5.41) is 10.6. The molecule has 1 heterocycles. The Bertz CT molecular complexity index is 891. The van der Waals surface area contributed by atoms with E-state index in [1.54, 1.807) is 12.2 Å². The Labute approximate surface area is 192 Å². The smallest absolute Gasteiger partial charge is 0.227 e. The molecule has 1 aliphatic rings. The van der Waals surface area contributed by atoms with Gasteiger partial charge in [-0.2, -0.15) is 4.99 Å². The normalized spacial score (nSPS) is 15.9. The summed E-state index contributed by atoms with van der Waals surface area (Å²) < 4.78 is 0. The number of nitrogens with zero attached hydrogens (tertiary/aromatic N) is 2. The predicted octanol–water partition coefficient (Wildman–Crippen LogP) is 4.91. The lowest BCUT2D eigenvalue weighted by Gasteiger charge is -2.18. The fourth-order valence-electron chi connectivity index (χ4n) is 2.09. The summed E-state index contributed by atoms with van der Waals surface area (Å²) in [6.07, 6.45) is 12.2. The van der Waals surface area contributed by atoms with Gasteiger partial charge in [0.05, 0.1) is 10.1 Å². The number of rotatable bonds is 9. The van der Waals surface area contributed by atoms with Gasteiger partial charge in [-0.25, -0.2) is 4.99 Å². The first-order valence-corrected chi connectivity index (χ1v) is 10.4. The number of halogens is 2. The zero-order valence-corrected chi connectivity index (χ0v) is 19.3. The van der Waals surface area contributed by atoms with Gasteiger partial charge >= 0.3 is 0 Å². The van der Waals surface area contributed by atoms with Crippen molar-refractivity contribution in [3.63, 3.8) is 0 Å². The van der Waals surface area contributed by atoms with E-state index < -0.39 is 0 Å². The molecule has 0 fully saturated rings. The Morgan fingerprint density at radius 2 is 2.00 bits per heavy atom. The molecule has 0 aromatic heterocycles. The Balaban J connectivity index is 2.81. The molecule has 0 radical (unpaired) electrons. The van der Waals surface area contributed by atoms with Crippen LogP contribution >= 0.6 is 35.0 Å². The molecule has 30 heavy (non-hydrogen) atoms. The van der Waals surface area contributed by atoms with Crippen LogP contribution in [0.4, 0.5) is 0 Å². The van der Waals surface area contributed by atoms with Crippen molar-refractivity contribution in [1.82, 2.24) is 16.0 Å². The number of nitrogens with two attached hydrogens (primary N) is 1. The molecule has 1 aliphatic heterocycles. The minimum atomic E-state index is 0.320. The lowest BCUT2D eigenvalue weighted by Crippen LogP contribution is -2.41. The van der Waals surface area contributed by atoms with Crippen LogP contribution < -0.4 is 21.7 Å². The highest BCUT2D eigenvalue weighted by Gasteiger charge is 2.13. The number of nitrogens with one attached hydrogen (secondary N) is 3. The van der Waals surface area contributed by atoms with Crippen molar-refractivity contribution in [2.75, 3.05) is 6.67 Å². The quantitative estimate of drug-likeness (QED) is 0.364. The lowest BCUT2D eigenvalue weighted by atomic mass is 10.2. The van der Waals surface area contributed by atoms with Crippen LogP contribution in [0.1, 0.15) is 13.8 Å². The van der Waals surface area contributed by atoms with Gasteiger partial charge in [-0.1, -0.05) is 79.0 Å². The second kappa shape index (κ2) is 13.6. The summed E-state index contributed by atoms with van der Waals surface area (Å²) >= 11 is 13.4. The third-order valence-corrected chi connectivity index (χ3v) is 4.68. The molecular weight excluding hydrogens is 439 g/mol. The van der Waals surface area contributed by atoms with Gasteiger partial charge in [0.25, 0.3) is 0 Å². The molecule has 0 aromatic carbocycles. The van der Waals surface area contributed by atoms with E-state index >= 15 is 0 Å². The molecule has 0 unspecified atom stereocenters. The van der Waals surface area contributed by atoms with E-state index in [1.807, 2.05) is 38.2 Å². The number of aliphatic imine (C=N–C) groups is 2. The maximum Gasteiger partial charge on any atom is 0.227 e. The largest absolute Gasteiger partial charge is 0.404 e. The minimum absolute atomic E-state index is 0.320. The second-order valence-corrected chi connectivity index (χ2v) is 7.72. The SMILES string of the molecule is C=C/C=C\C=C(/C)NC1=NC(NC(=C)SC(=C\N)/C(=C/C)C(/Cl)=C\C(=C)Cl)=NCN1. The van der Waals surface area contributed by atoms with E-state index in [0.717, 1.165) is 5.70 Å². The highest BCUT2D eigenvalue weighted by molar-refractivity contribution is 8.06. The highest BCUT2D eigenvalue weighted by atomic mass is 35.5. The van der Waals surface area contributed by atoms with Gasteiger partial charge in [-0.3, -0.25) is 0 Å². The summed E-state index contributed by atoms with van der Waals surface area (Å²) in [4.78, 5) is 9.39. The summed E-state index contributed by atoms with van der Waals surface area (Å²) in [6, 6.07) is 0. The molecule has 5 N–H and O–H groups in total. The van der Waals surface area contributed by atoms with Gasteiger partial charge < -0.3 is 21.7 Å². The van der Waals surface area contributed by atoms with E-state index in [0.29, 0.717) is 44.2 Å². The van der Waals surface area contributed by atoms with Gasteiger partial charge in [-0.15, -0.1) is 0 Å². The fraction of sp³-hybridized carbons (Fsp3) is 0.143. The zero-order valence-electron chi connectivity index (χ0n) is 17.0. The van der Waals surface area contributed by atoms with Crippen LogP contribution in [0.5, 0.6) is 0 Å². The van der Waals surface area contributed by atoms with Crippen LogP contribution in [0.25, 0.3) is 0 Å². The lowest BCUT2D eigenvalue weighted by molar-refractivity contribution is 0.849. The van der Waals surface area contributed by atoms with E-state index in [4.69, 9.17) is 28.9 Å². The number of hydrogen-bond acceptors (Lipinski definition) is 7. The molecule has 1 rings (SSSR count). The number of allylic oxidation sites excluding steroid dienone is 10. The van der Waals surface area contributed by atoms with Crippen LogP contribution in [0.3, 0.4) is 0 Å². The van der Waals surface area contributed by atoms with Gasteiger partial charge in [0.15, 0.2) is 0 Å². The standard InChI is InChI=1S/C21H26Cl2N6S/c1-6-8-9-10-15(4)27-20-25-13-26-21(29-20)28-16(5)30-19(12-24)17(7-2)18(23)11-14(3)22/h6-12H,1,3,5,13,24H2,2,4H3,(H3,25,26,27,28,29)/b9-8-,15-10+,17-7+,18-11+,19-12-. The number of guanidine groups is 2. The average Bonchev–Trinajstić information content (AvgIpc) is 2.67. The molecule has 0 saturated carbocycles. The predicted molar refractivity (Wildman–Crippen MR) is 134 cm³/mol. The third kappa shape index (κ3) is 9.26. The number of thioether (sulfide) groups is 1. The van der Waals surface area contributed by atoms with Crippen LogP contribution in [0, 0.1) is 0 Å². The summed E-state index contributed by atoms with van der Waals surface area (Å²) in [5.74, 6) is 0.985. The monoisotopic (exact) mass is 464 g/mol. The van der Waals surface area contributed by atoms with E-state index in [9.17, 15) is 0 Å². The molecule has 0 saturated heterocycles. The van der Waals surface area contributed by atoms with Crippen LogP contribution in [-0.2, 0) is 0 Å². The molecule has 0 atom stereocenters. The Kier molecular flexibility index (Phi) is 11.5. The number of hydrogen-bond donors (Lipinski definition) is 4. The molecule has 0 aromatic rings. The summed E-state index contributed by atoms with van der Waals surface area (Å²) in [7, 11) is 0. The van der Waals surface area contributed by atoms with Crippen molar-refractivity contribution in [2.45, 2.75) is 13.8 Å². The third-order valence-electron chi connectivity index (χ3n) is 3.33. The van der Waals surface area contributed by atoms with Crippen molar-refractivity contribution in [3.05, 3.63) is 93.7 Å². The molecule has 0 amide bonds. The summed E-state index contributed by atoms with van der Waals surface area (Å²) in [5.41, 5.74) is 7.41. The molecule has 0 bridgehead atoms.